The molecule has 1 aliphatic rings. The van der Waals surface area contributed by atoms with Gasteiger partial charge >= 0.3 is 5.97 Å². The number of carbonyl (C=O) groups excluding carboxylic acids is 2. The number of halogens is 1. The molecule has 0 spiro atoms. The lowest BCUT2D eigenvalue weighted by Gasteiger charge is -2.28. The van der Waals surface area contributed by atoms with Crippen molar-refractivity contribution in [2.24, 2.45) is 0 Å². The van der Waals surface area contributed by atoms with Gasteiger partial charge in [0.1, 0.15) is 5.76 Å². The fraction of sp³-hybridized carbons (Fsp3) is 0.300. The molecule has 2 aromatic rings. The quantitative estimate of drug-likeness (QED) is 0.445. The third-order valence-corrected chi connectivity index (χ3v) is 6.66. The summed E-state index contributed by atoms with van der Waals surface area (Å²) in [5, 5.41) is 0. The summed E-state index contributed by atoms with van der Waals surface area (Å²) >= 11 is 3.16. The smallest absolute Gasteiger partial charge is 0.331 e. The first-order chi connectivity index (χ1) is 13.8. The van der Waals surface area contributed by atoms with Gasteiger partial charge in [-0.15, -0.1) is 0 Å². The van der Waals surface area contributed by atoms with Crippen LogP contribution in [0.25, 0.3) is 6.08 Å². The van der Waals surface area contributed by atoms with Gasteiger partial charge in [0, 0.05) is 18.7 Å². The molecule has 1 fully saturated rings. The van der Waals surface area contributed by atoms with Gasteiger partial charge in [0.15, 0.2) is 21.1 Å². The Morgan fingerprint density at radius 1 is 1.21 bits per heavy atom. The minimum absolute atomic E-state index is 0.0530. The summed E-state index contributed by atoms with van der Waals surface area (Å²) in [6.45, 7) is -0.206. The van der Waals surface area contributed by atoms with Crippen LogP contribution in [0, 0.1) is 0 Å². The van der Waals surface area contributed by atoms with E-state index in [0.717, 1.165) is 5.56 Å². The highest BCUT2D eigenvalue weighted by Gasteiger charge is 2.34. The Balaban J connectivity index is 1.62. The normalized spacial score (nSPS) is 18.0. The topological polar surface area (TPSA) is 93.9 Å². The summed E-state index contributed by atoms with van der Waals surface area (Å²) in [7, 11) is -3.16. The van der Waals surface area contributed by atoms with E-state index in [-0.39, 0.29) is 18.1 Å². The van der Waals surface area contributed by atoms with Crippen LogP contribution >= 0.6 is 15.9 Å². The van der Waals surface area contributed by atoms with E-state index in [4.69, 9.17) is 9.15 Å². The van der Waals surface area contributed by atoms with Gasteiger partial charge in [0.2, 0.25) is 0 Å². The van der Waals surface area contributed by atoms with Gasteiger partial charge in [-0.25, -0.2) is 13.2 Å². The van der Waals surface area contributed by atoms with Crippen LogP contribution in [0.2, 0.25) is 0 Å². The van der Waals surface area contributed by atoms with Crippen molar-refractivity contribution in [2.45, 2.75) is 19.0 Å². The highest BCUT2D eigenvalue weighted by Crippen LogP contribution is 2.20. The van der Waals surface area contributed by atoms with E-state index in [1.165, 1.54) is 17.1 Å². The molecule has 9 heteroatoms. The molecule has 2 heterocycles. The Labute approximate surface area is 177 Å². The molecular formula is C20H20BrNO6S. The minimum Gasteiger partial charge on any atom is -0.452 e. The van der Waals surface area contributed by atoms with Crippen LogP contribution in [-0.2, 0) is 30.7 Å². The summed E-state index contributed by atoms with van der Waals surface area (Å²) in [4.78, 5) is 26.1. The highest BCUT2D eigenvalue weighted by atomic mass is 79.9. The first kappa shape index (κ1) is 21.3. The zero-order chi connectivity index (χ0) is 20.9. The first-order valence-electron chi connectivity index (χ1n) is 8.96. The molecule has 1 atom stereocenters. The van der Waals surface area contributed by atoms with Crippen molar-refractivity contribution < 1.29 is 27.2 Å². The SMILES string of the molecule is O=C(C=Cc1ccc(Br)o1)OCC(=O)N(Cc1ccccc1)C1CCS(=O)(=O)C1. The number of amides is 1. The molecule has 1 aliphatic heterocycles. The second-order valence-electron chi connectivity index (χ2n) is 6.65. The zero-order valence-electron chi connectivity index (χ0n) is 15.5. The highest BCUT2D eigenvalue weighted by molar-refractivity contribution is 9.10. The van der Waals surface area contributed by atoms with Crippen molar-refractivity contribution in [2.75, 3.05) is 18.1 Å². The molecular weight excluding hydrogens is 462 g/mol. The molecule has 1 aromatic heterocycles. The molecule has 29 heavy (non-hydrogen) atoms. The Morgan fingerprint density at radius 3 is 2.59 bits per heavy atom. The van der Waals surface area contributed by atoms with E-state index in [2.05, 4.69) is 15.9 Å². The average Bonchev–Trinajstić information content (AvgIpc) is 3.28. The van der Waals surface area contributed by atoms with Gasteiger partial charge in [-0.05, 0) is 46.1 Å². The summed E-state index contributed by atoms with van der Waals surface area (Å²) in [6.07, 6.45) is 2.98. The van der Waals surface area contributed by atoms with Crippen LogP contribution in [0.3, 0.4) is 0 Å². The predicted molar refractivity (Wildman–Crippen MR) is 110 cm³/mol. The summed E-state index contributed by atoms with van der Waals surface area (Å²) in [5.74, 6) is -0.686. The van der Waals surface area contributed by atoms with Crippen LogP contribution in [0.4, 0.5) is 0 Å². The second kappa shape index (κ2) is 9.41. The molecule has 154 valence electrons. The van der Waals surface area contributed by atoms with Crippen molar-refractivity contribution in [3.63, 3.8) is 0 Å². The van der Waals surface area contributed by atoms with Crippen LogP contribution in [0.15, 0.2) is 57.6 Å². The molecule has 3 rings (SSSR count). The second-order valence-corrected chi connectivity index (χ2v) is 9.66. The number of hydrogen-bond acceptors (Lipinski definition) is 6. The van der Waals surface area contributed by atoms with E-state index < -0.39 is 34.4 Å². The third-order valence-electron chi connectivity index (χ3n) is 4.48. The lowest BCUT2D eigenvalue weighted by Crippen LogP contribution is -2.42. The van der Waals surface area contributed by atoms with Gasteiger partial charge < -0.3 is 14.1 Å². The lowest BCUT2D eigenvalue weighted by molar-refractivity contribution is -0.149. The minimum atomic E-state index is -3.16. The van der Waals surface area contributed by atoms with Crippen molar-refractivity contribution in [3.8, 4) is 0 Å². The van der Waals surface area contributed by atoms with Gasteiger partial charge in [-0.3, -0.25) is 4.79 Å². The van der Waals surface area contributed by atoms with Gasteiger partial charge in [-0.2, -0.15) is 0 Å². The van der Waals surface area contributed by atoms with E-state index in [1.807, 2.05) is 30.3 Å². The molecule has 0 N–H and O–H groups in total. The molecule has 0 bridgehead atoms. The Hall–Kier alpha value is -2.39. The number of carbonyl (C=O) groups is 2. The van der Waals surface area contributed by atoms with Crippen LogP contribution < -0.4 is 0 Å². The Bertz CT molecular complexity index is 999. The lowest BCUT2D eigenvalue weighted by atomic mass is 10.1. The number of ether oxygens (including phenoxy) is 1. The molecule has 1 unspecified atom stereocenters. The maximum absolute atomic E-state index is 12.7. The number of sulfone groups is 1. The van der Waals surface area contributed by atoms with Crippen molar-refractivity contribution in [1.82, 2.24) is 4.90 Å². The van der Waals surface area contributed by atoms with Gasteiger partial charge in [0.05, 0.1) is 11.5 Å². The molecule has 0 aliphatic carbocycles. The Kier molecular flexibility index (Phi) is 6.92. The van der Waals surface area contributed by atoms with Crippen molar-refractivity contribution in [1.29, 1.82) is 0 Å². The standard InChI is InChI=1S/C20H20BrNO6S/c21-18-8-6-17(28-18)7-9-20(24)27-13-19(23)22(12-15-4-2-1-3-5-15)16-10-11-29(25,26)14-16/h1-9,16H,10-14H2. The number of esters is 1. The van der Waals surface area contributed by atoms with E-state index in [1.54, 1.807) is 12.1 Å². The summed E-state index contributed by atoms with van der Waals surface area (Å²) < 4.78 is 34.5. The van der Waals surface area contributed by atoms with Gasteiger partial charge in [-0.1, -0.05) is 30.3 Å². The van der Waals surface area contributed by atoms with Crippen LogP contribution in [0.5, 0.6) is 0 Å². The molecule has 0 saturated carbocycles. The maximum atomic E-state index is 12.7. The monoisotopic (exact) mass is 481 g/mol. The summed E-state index contributed by atoms with van der Waals surface area (Å²) in [5.41, 5.74) is 0.875. The number of benzene rings is 1. The summed E-state index contributed by atoms with van der Waals surface area (Å²) in [6, 6.07) is 12.2. The fourth-order valence-corrected chi connectivity index (χ4v) is 5.10. The number of nitrogens with zero attached hydrogens (tertiary/aromatic N) is 1. The van der Waals surface area contributed by atoms with Crippen molar-refractivity contribution >= 4 is 43.7 Å². The largest absolute Gasteiger partial charge is 0.452 e. The third kappa shape index (κ3) is 6.30. The van der Waals surface area contributed by atoms with Crippen LogP contribution in [0.1, 0.15) is 17.7 Å². The van der Waals surface area contributed by atoms with Crippen LogP contribution in [-0.4, -0.2) is 49.3 Å². The number of hydrogen-bond donors (Lipinski definition) is 0. The average molecular weight is 482 g/mol. The van der Waals surface area contributed by atoms with E-state index in [0.29, 0.717) is 16.9 Å². The fourth-order valence-electron chi connectivity index (χ4n) is 3.05. The number of furan rings is 1. The number of rotatable bonds is 7. The van der Waals surface area contributed by atoms with Gasteiger partial charge in [0.25, 0.3) is 5.91 Å². The zero-order valence-corrected chi connectivity index (χ0v) is 17.9. The molecule has 7 nitrogen and oxygen atoms in total. The molecule has 1 saturated heterocycles. The predicted octanol–water partition coefficient (Wildman–Crippen LogP) is 2.81. The maximum Gasteiger partial charge on any atom is 0.331 e. The molecule has 0 radical (unpaired) electrons. The van der Waals surface area contributed by atoms with E-state index in [9.17, 15) is 18.0 Å². The molecule has 1 aromatic carbocycles. The van der Waals surface area contributed by atoms with Crippen molar-refractivity contribution in [3.05, 3.63) is 64.5 Å². The first-order valence-corrected chi connectivity index (χ1v) is 11.6. The molecule has 1 amide bonds. The Morgan fingerprint density at radius 2 is 1.97 bits per heavy atom. The van der Waals surface area contributed by atoms with E-state index >= 15 is 0 Å².